The summed E-state index contributed by atoms with van der Waals surface area (Å²) in [6.45, 7) is 4.18. The second kappa shape index (κ2) is 6.75. The molecular weight excluding hydrogens is 349 g/mol. The van der Waals surface area contributed by atoms with Crippen molar-refractivity contribution in [2.24, 2.45) is 0 Å². The SMILES string of the molecule is CC(=O)NCCn1c(-c2ccccc2Cl)nc2c(Cl)nc(C)nc21. The molecule has 0 fully saturated rings. The largest absolute Gasteiger partial charge is 0.355 e. The van der Waals surface area contributed by atoms with Gasteiger partial charge >= 0.3 is 0 Å². The van der Waals surface area contributed by atoms with E-state index in [0.717, 1.165) is 5.56 Å². The third kappa shape index (κ3) is 3.20. The van der Waals surface area contributed by atoms with Crippen molar-refractivity contribution in [3.05, 3.63) is 40.3 Å². The van der Waals surface area contributed by atoms with Gasteiger partial charge in [0.2, 0.25) is 5.91 Å². The Morgan fingerprint density at radius 3 is 2.67 bits per heavy atom. The molecule has 3 rings (SSSR count). The number of aryl methyl sites for hydroxylation is 1. The van der Waals surface area contributed by atoms with E-state index in [9.17, 15) is 4.79 Å². The lowest BCUT2D eigenvalue weighted by molar-refractivity contribution is -0.118. The van der Waals surface area contributed by atoms with Crippen molar-refractivity contribution < 1.29 is 4.79 Å². The molecule has 1 amide bonds. The van der Waals surface area contributed by atoms with Crippen molar-refractivity contribution in [1.82, 2.24) is 24.8 Å². The number of imidazole rings is 1. The van der Waals surface area contributed by atoms with Crippen LogP contribution in [0.25, 0.3) is 22.6 Å². The number of aromatic nitrogens is 4. The first-order chi connectivity index (χ1) is 11.5. The molecule has 8 heteroatoms. The zero-order valence-corrected chi connectivity index (χ0v) is 14.7. The number of nitrogens with zero attached hydrogens (tertiary/aromatic N) is 4. The van der Waals surface area contributed by atoms with Crippen LogP contribution in [0.15, 0.2) is 24.3 Å². The highest BCUT2D eigenvalue weighted by atomic mass is 35.5. The number of hydrogen-bond donors (Lipinski definition) is 1. The van der Waals surface area contributed by atoms with Crippen LogP contribution in [0, 0.1) is 6.92 Å². The predicted molar refractivity (Wildman–Crippen MR) is 94.2 cm³/mol. The summed E-state index contributed by atoms with van der Waals surface area (Å²) in [7, 11) is 0. The Balaban J connectivity index is 2.18. The fourth-order valence-electron chi connectivity index (χ4n) is 2.47. The van der Waals surface area contributed by atoms with E-state index < -0.39 is 0 Å². The summed E-state index contributed by atoms with van der Waals surface area (Å²) >= 11 is 12.6. The average Bonchev–Trinajstić information content (AvgIpc) is 2.86. The highest BCUT2D eigenvalue weighted by Crippen LogP contribution is 2.31. The van der Waals surface area contributed by atoms with E-state index in [0.29, 0.717) is 46.1 Å². The Labute approximate surface area is 148 Å². The smallest absolute Gasteiger partial charge is 0.216 e. The first-order valence-electron chi connectivity index (χ1n) is 7.37. The van der Waals surface area contributed by atoms with Crippen molar-refractivity contribution in [1.29, 1.82) is 0 Å². The van der Waals surface area contributed by atoms with E-state index in [-0.39, 0.29) is 5.91 Å². The van der Waals surface area contributed by atoms with Crippen LogP contribution >= 0.6 is 23.2 Å². The molecule has 0 atom stereocenters. The molecule has 24 heavy (non-hydrogen) atoms. The summed E-state index contributed by atoms with van der Waals surface area (Å²) in [5.74, 6) is 1.10. The first kappa shape index (κ1) is 16.7. The number of fused-ring (bicyclic) bond motifs is 1. The lowest BCUT2D eigenvalue weighted by Crippen LogP contribution is -2.24. The molecule has 1 N–H and O–H groups in total. The van der Waals surface area contributed by atoms with Gasteiger partial charge in [0.15, 0.2) is 10.8 Å². The zero-order valence-electron chi connectivity index (χ0n) is 13.2. The molecule has 2 heterocycles. The topological polar surface area (TPSA) is 72.7 Å². The maximum absolute atomic E-state index is 11.1. The lowest BCUT2D eigenvalue weighted by atomic mass is 10.2. The van der Waals surface area contributed by atoms with Gasteiger partial charge in [-0.3, -0.25) is 4.79 Å². The molecule has 124 valence electrons. The number of halogens is 2. The van der Waals surface area contributed by atoms with Crippen molar-refractivity contribution >= 4 is 40.3 Å². The van der Waals surface area contributed by atoms with E-state index in [1.807, 2.05) is 22.8 Å². The minimum absolute atomic E-state index is 0.0949. The molecule has 0 unspecified atom stereocenters. The zero-order chi connectivity index (χ0) is 17.3. The Hall–Kier alpha value is -2.18. The summed E-state index contributed by atoms with van der Waals surface area (Å²) in [4.78, 5) is 24.4. The van der Waals surface area contributed by atoms with Crippen LogP contribution in [-0.2, 0) is 11.3 Å². The van der Waals surface area contributed by atoms with Crippen LogP contribution < -0.4 is 5.32 Å². The van der Waals surface area contributed by atoms with E-state index in [2.05, 4.69) is 20.3 Å². The molecular formula is C16H15Cl2N5O. The molecule has 2 aromatic heterocycles. The van der Waals surface area contributed by atoms with Gasteiger partial charge in [-0.15, -0.1) is 0 Å². The summed E-state index contributed by atoms with van der Waals surface area (Å²) in [5, 5.41) is 3.65. The summed E-state index contributed by atoms with van der Waals surface area (Å²) in [6.07, 6.45) is 0. The average molecular weight is 364 g/mol. The van der Waals surface area contributed by atoms with Crippen LogP contribution in [0.4, 0.5) is 0 Å². The highest BCUT2D eigenvalue weighted by Gasteiger charge is 2.18. The quantitative estimate of drug-likeness (QED) is 0.722. The number of amides is 1. The molecule has 0 aliphatic rings. The minimum atomic E-state index is -0.0949. The maximum Gasteiger partial charge on any atom is 0.216 e. The van der Waals surface area contributed by atoms with Crippen molar-refractivity contribution in [2.45, 2.75) is 20.4 Å². The number of nitrogens with one attached hydrogen (secondary N) is 1. The Morgan fingerprint density at radius 2 is 1.96 bits per heavy atom. The second-order valence-electron chi connectivity index (χ2n) is 5.28. The molecule has 0 bridgehead atoms. The normalized spacial score (nSPS) is 11.0. The fourth-order valence-corrected chi connectivity index (χ4v) is 2.94. The minimum Gasteiger partial charge on any atom is -0.355 e. The third-order valence-corrected chi connectivity index (χ3v) is 4.08. The molecule has 0 aliphatic carbocycles. The molecule has 0 aliphatic heterocycles. The van der Waals surface area contributed by atoms with Crippen molar-refractivity contribution in [3.63, 3.8) is 0 Å². The third-order valence-electron chi connectivity index (χ3n) is 3.49. The van der Waals surface area contributed by atoms with E-state index >= 15 is 0 Å². The van der Waals surface area contributed by atoms with Crippen LogP contribution in [-0.4, -0.2) is 32.0 Å². The number of hydrogen-bond acceptors (Lipinski definition) is 4. The Bertz CT molecular complexity index is 922. The standard InChI is InChI=1S/C16H15Cl2N5O/c1-9-20-14(18)13-16(21-9)23(8-7-19-10(2)24)15(22-13)11-5-3-4-6-12(11)17/h3-6H,7-8H2,1-2H3,(H,19,24). The number of rotatable bonds is 4. The van der Waals surface area contributed by atoms with Crippen LogP contribution in [0.3, 0.4) is 0 Å². The van der Waals surface area contributed by atoms with Crippen LogP contribution in [0.1, 0.15) is 12.7 Å². The van der Waals surface area contributed by atoms with Gasteiger partial charge in [0, 0.05) is 25.6 Å². The van der Waals surface area contributed by atoms with Gasteiger partial charge in [-0.25, -0.2) is 15.0 Å². The second-order valence-corrected chi connectivity index (χ2v) is 6.05. The van der Waals surface area contributed by atoms with Gasteiger partial charge in [0.1, 0.15) is 17.2 Å². The molecule has 0 spiro atoms. The van der Waals surface area contributed by atoms with Gasteiger partial charge < -0.3 is 9.88 Å². The van der Waals surface area contributed by atoms with Gasteiger partial charge in [-0.1, -0.05) is 35.3 Å². The van der Waals surface area contributed by atoms with Gasteiger partial charge in [-0.2, -0.15) is 0 Å². The molecule has 3 aromatic rings. The molecule has 0 saturated carbocycles. The summed E-state index contributed by atoms with van der Waals surface area (Å²) < 4.78 is 1.90. The van der Waals surface area contributed by atoms with E-state index in [1.54, 1.807) is 13.0 Å². The van der Waals surface area contributed by atoms with Gasteiger partial charge in [0.05, 0.1) is 5.02 Å². The Morgan fingerprint density at radius 1 is 1.21 bits per heavy atom. The molecule has 0 radical (unpaired) electrons. The first-order valence-corrected chi connectivity index (χ1v) is 8.12. The fraction of sp³-hybridized carbons (Fsp3) is 0.250. The van der Waals surface area contributed by atoms with Crippen LogP contribution in [0.5, 0.6) is 0 Å². The Kier molecular flexibility index (Phi) is 4.69. The monoisotopic (exact) mass is 363 g/mol. The highest BCUT2D eigenvalue weighted by molar-refractivity contribution is 6.34. The predicted octanol–water partition coefficient (Wildman–Crippen LogP) is 3.24. The van der Waals surface area contributed by atoms with Gasteiger partial charge in [0.25, 0.3) is 0 Å². The van der Waals surface area contributed by atoms with Crippen LogP contribution in [0.2, 0.25) is 10.2 Å². The molecule has 6 nitrogen and oxygen atoms in total. The van der Waals surface area contributed by atoms with E-state index in [1.165, 1.54) is 6.92 Å². The van der Waals surface area contributed by atoms with Crippen molar-refractivity contribution in [3.8, 4) is 11.4 Å². The molecule has 1 aromatic carbocycles. The summed E-state index contributed by atoms with van der Waals surface area (Å²) in [5.41, 5.74) is 1.90. The number of carbonyl (C=O) groups is 1. The number of carbonyl (C=O) groups excluding carboxylic acids is 1. The van der Waals surface area contributed by atoms with Gasteiger partial charge in [-0.05, 0) is 19.1 Å². The van der Waals surface area contributed by atoms with Crippen molar-refractivity contribution in [2.75, 3.05) is 6.54 Å². The summed E-state index contributed by atoms with van der Waals surface area (Å²) in [6, 6.07) is 7.42. The molecule has 0 saturated heterocycles. The maximum atomic E-state index is 11.1. The van der Waals surface area contributed by atoms with E-state index in [4.69, 9.17) is 23.2 Å². The lowest BCUT2D eigenvalue weighted by Gasteiger charge is -2.10. The number of benzene rings is 1.